The van der Waals surface area contributed by atoms with Gasteiger partial charge in [-0.25, -0.2) is 0 Å². The maximum Gasteiger partial charge on any atom is 0.426 e. The second-order valence-corrected chi connectivity index (χ2v) is 5.68. The fourth-order valence-corrected chi connectivity index (χ4v) is 1.80. The number of aromatic nitrogens is 3. The van der Waals surface area contributed by atoms with Crippen molar-refractivity contribution in [2.75, 3.05) is 7.11 Å². The van der Waals surface area contributed by atoms with Gasteiger partial charge >= 0.3 is 6.18 Å². The van der Waals surface area contributed by atoms with Gasteiger partial charge in [-0.3, -0.25) is 4.98 Å². The zero-order chi connectivity index (χ0) is 17.3. The minimum atomic E-state index is -4.71. The molecule has 2 rings (SSSR count). The number of rotatable bonds is 3. The van der Waals surface area contributed by atoms with Crippen LogP contribution in [-0.2, 0) is 6.18 Å². The smallest absolute Gasteiger partial charge is 0.426 e. The largest absolute Gasteiger partial charge is 0.480 e. The van der Waals surface area contributed by atoms with Crippen molar-refractivity contribution in [1.29, 1.82) is 0 Å². The number of hydrogen-bond acceptors (Lipinski definition) is 5. The van der Waals surface area contributed by atoms with E-state index < -0.39 is 29.1 Å². The minimum Gasteiger partial charge on any atom is -0.480 e. The summed E-state index contributed by atoms with van der Waals surface area (Å²) in [5.41, 5.74) is -1.49. The van der Waals surface area contributed by atoms with Crippen LogP contribution >= 0.6 is 0 Å². The number of ether oxygens (including phenoxy) is 2. The summed E-state index contributed by atoms with van der Waals surface area (Å²) < 4.78 is 50.3. The third kappa shape index (κ3) is 4.08. The average molecular weight is 327 g/mol. The van der Waals surface area contributed by atoms with Crippen LogP contribution in [0.5, 0.6) is 11.8 Å². The van der Waals surface area contributed by atoms with Gasteiger partial charge in [-0.2, -0.15) is 23.1 Å². The summed E-state index contributed by atoms with van der Waals surface area (Å²) in [5, 5.41) is 0. The number of halogens is 3. The van der Waals surface area contributed by atoms with Gasteiger partial charge < -0.3 is 9.47 Å². The molecule has 124 valence electrons. The van der Waals surface area contributed by atoms with E-state index in [2.05, 4.69) is 15.0 Å². The van der Waals surface area contributed by atoms with E-state index in [1.165, 1.54) is 12.4 Å². The fraction of sp³-hybridized carbons (Fsp3) is 0.400. The van der Waals surface area contributed by atoms with Crippen molar-refractivity contribution >= 4 is 0 Å². The van der Waals surface area contributed by atoms with Gasteiger partial charge in [0.05, 0.1) is 7.11 Å². The molecule has 0 aromatic carbocycles. The van der Waals surface area contributed by atoms with Crippen molar-refractivity contribution < 1.29 is 22.6 Å². The first-order valence-corrected chi connectivity index (χ1v) is 6.74. The lowest BCUT2D eigenvalue weighted by Crippen LogP contribution is -2.26. The summed E-state index contributed by atoms with van der Waals surface area (Å²) in [7, 11) is 1.12. The zero-order valence-corrected chi connectivity index (χ0v) is 13.1. The number of alkyl halides is 3. The van der Waals surface area contributed by atoms with Gasteiger partial charge in [0.2, 0.25) is 11.8 Å². The maximum atomic E-state index is 13.4. The van der Waals surface area contributed by atoms with Gasteiger partial charge in [-0.05, 0) is 32.9 Å². The molecule has 2 aromatic heterocycles. The van der Waals surface area contributed by atoms with Crippen molar-refractivity contribution in [2.45, 2.75) is 32.5 Å². The Morgan fingerprint density at radius 2 is 1.52 bits per heavy atom. The van der Waals surface area contributed by atoms with Gasteiger partial charge in [-0.15, -0.1) is 0 Å². The van der Waals surface area contributed by atoms with Crippen molar-refractivity contribution in [3.05, 3.63) is 30.1 Å². The molecule has 0 spiro atoms. The zero-order valence-electron chi connectivity index (χ0n) is 13.1. The van der Waals surface area contributed by atoms with E-state index in [0.717, 1.165) is 7.11 Å². The van der Waals surface area contributed by atoms with Crippen LogP contribution in [0.3, 0.4) is 0 Å². The molecule has 8 heteroatoms. The van der Waals surface area contributed by atoms with E-state index in [1.807, 2.05) is 0 Å². The number of pyridine rings is 1. The molecule has 0 aliphatic heterocycles. The molecule has 0 radical (unpaired) electrons. The standard InChI is InChI=1S/C15H16F3N3O2/c1-14(2,3)23-13-10(15(16,17)18)12(22-4)20-11(21-13)9-5-7-19-8-6-9/h5-8H,1-4H3. The molecule has 0 saturated carbocycles. The van der Waals surface area contributed by atoms with Crippen LogP contribution < -0.4 is 9.47 Å². The van der Waals surface area contributed by atoms with Gasteiger partial charge in [0.1, 0.15) is 5.60 Å². The van der Waals surface area contributed by atoms with E-state index in [9.17, 15) is 13.2 Å². The third-order valence-electron chi connectivity index (χ3n) is 2.66. The van der Waals surface area contributed by atoms with E-state index in [-0.39, 0.29) is 5.82 Å². The molecule has 0 unspecified atom stereocenters. The van der Waals surface area contributed by atoms with Crippen molar-refractivity contribution in [2.24, 2.45) is 0 Å². The Bertz CT molecular complexity index is 683. The number of hydrogen-bond donors (Lipinski definition) is 0. The molecule has 0 aliphatic carbocycles. The summed E-state index contributed by atoms with van der Waals surface area (Å²) in [6.45, 7) is 4.90. The molecular weight excluding hydrogens is 311 g/mol. The van der Waals surface area contributed by atoms with Crippen molar-refractivity contribution in [3.63, 3.8) is 0 Å². The van der Waals surface area contributed by atoms with Gasteiger partial charge in [0.15, 0.2) is 11.4 Å². The summed E-state index contributed by atoms with van der Waals surface area (Å²) in [5.74, 6) is -1.08. The molecular formula is C15H16F3N3O2. The monoisotopic (exact) mass is 327 g/mol. The lowest BCUT2D eigenvalue weighted by atomic mass is 10.2. The first kappa shape index (κ1) is 17.0. The molecule has 0 saturated heterocycles. The molecule has 0 amide bonds. The van der Waals surface area contributed by atoms with E-state index in [0.29, 0.717) is 5.56 Å². The maximum absolute atomic E-state index is 13.4. The molecule has 0 fully saturated rings. The first-order valence-electron chi connectivity index (χ1n) is 6.74. The Kier molecular flexibility index (Phi) is 4.44. The van der Waals surface area contributed by atoms with E-state index >= 15 is 0 Å². The van der Waals surface area contributed by atoms with Crippen LogP contribution in [0.2, 0.25) is 0 Å². The van der Waals surface area contributed by atoms with Crippen LogP contribution in [0.25, 0.3) is 11.4 Å². The Labute approximate surface area is 131 Å². The lowest BCUT2D eigenvalue weighted by molar-refractivity contribution is -0.141. The predicted octanol–water partition coefficient (Wildman–Crippen LogP) is 3.74. The highest BCUT2D eigenvalue weighted by atomic mass is 19.4. The third-order valence-corrected chi connectivity index (χ3v) is 2.66. The highest BCUT2D eigenvalue weighted by molar-refractivity contribution is 5.57. The summed E-state index contributed by atoms with van der Waals surface area (Å²) >= 11 is 0. The lowest BCUT2D eigenvalue weighted by Gasteiger charge is -2.24. The van der Waals surface area contributed by atoms with Crippen molar-refractivity contribution in [3.8, 4) is 23.1 Å². The van der Waals surface area contributed by atoms with Crippen LogP contribution in [-0.4, -0.2) is 27.7 Å². The molecule has 0 aliphatic rings. The Morgan fingerprint density at radius 3 is 2.00 bits per heavy atom. The van der Waals surface area contributed by atoms with Gasteiger partial charge in [0, 0.05) is 18.0 Å². The topological polar surface area (TPSA) is 57.1 Å². The summed E-state index contributed by atoms with van der Waals surface area (Å²) in [4.78, 5) is 11.7. The normalized spacial score (nSPS) is 12.1. The molecule has 5 nitrogen and oxygen atoms in total. The van der Waals surface area contributed by atoms with Crippen LogP contribution in [0.1, 0.15) is 26.3 Å². The molecule has 0 atom stereocenters. The Hall–Kier alpha value is -2.38. The number of nitrogens with zero attached hydrogens (tertiary/aromatic N) is 3. The molecule has 2 heterocycles. The van der Waals surface area contributed by atoms with Crippen molar-refractivity contribution in [1.82, 2.24) is 15.0 Å². The average Bonchev–Trinajstić information content (AvgIpc) is 2.44. The van der Waals surface area contributed by atoms with Gasteiger partial charge in [0.25, 0.3) is 0 Å². The molecule has 23 heavy (non-hydrogen) atoms. The molecule has 0 N–H and O–H groups in total. The first-order chi connectivity index (χ1) is 10.6. The highest BCUT2D eigenvalue weighted by Crippen LogP contribution is 2.42. The van der Waals surface area contributed by atoms with Crippen LogP contribution in [0, 0.1) is 0 Å². The molecule has 2 aromatic rings. The Balaban J connectivity index is 2.68. The van der Waals surface area contributed by atoms with Crippen LogP contribution in [0.15, 0.2) is 24.5 Å². The Morgan fingerprint density at radius 1 is 0.957 bits per heavy atom. The second kappa shape index (κ2) is 6.02. The predicted molar refractivity (Wildman–Crippen MR) is 77.2 cm³/mol. The quantitative estimate of drug-likeness (QED) is 0.859. The van der Waals surface area contributed by atoms with Gasteiger partial charge in [-0.1, -0.05) is 0 Å². The summed E-state index contributed by atoms with van der Waals surface area (Å²) in [6, 6.07) is 3.17. The minimum absolute atomic E-state index is 0.0662. The highest BCUT2D eigenvalue weighted by Gasteiger charge is 2.41. The van der Waals surface area contributed by atoms with E-state index in [1.54, 1.807) is 32.9 Å². The molecule has 0 bridgehead atoms. The fourth-order valence-electron chi connectivity index (χ4n) is 1.80. The summed E-state index contributed by atoms with van der Waals surface area (Å²) in [6.07, 6.45) is -1.72. The van der Waals surface area contributed by atoms with E-state index in [4.69, 9.17) is 9.47 Å². The number of methoxy groups -OCH3 is 1. The SMILES string of the molecule is COc1nc(-c2ccncc2)nc(OC(C)(C)C)c1C(F)(F)F. The van der Waals surface area contributed by atoms with Crippen LogP contribution in [0.4, 0.5) is 13.2 Å². The second-order valence-electron chi connectivity index (χ2n) is 5.68.